The molecule has 6 heteroatoms. The predicted octanol–water partition coefficient (Wildman–Crippen LogP) is 3.51. The first-order chi connectivity index (χ1) is 12.6. The number of phenols is 1. The quantitative estimate of drug-likeness (QED) is 0.511. The molecule has 0 saturated carbocycles. The van der Waals surface area contributed by atoms with Crippen LogP contribution < -0.4 is 5.32 Å². The molecule has 0 aliphatic rings. The Kier molecular flexibility index (Phi) is 5.88. The Balaban J connectivity index is 1.99. The van der Waals surface area contributed by atoms with Gasteiger partial charge in [-0.05, 0) is 60.5 Å². The number of hydrogen-bond acceptors (Lipinski definition) is 6. The minimum Gasteiger partial charge on any atom is -0.508 e. The van der Waals surface area contributed by atoms with Crippen molar-refractivity contribution in [3.8, 4) is 27.4 Å². The van der Waals surface area contributed by atoms with Crippen LogP contribution in [0.1, 0.15) is 11.8 Å². The second-order valence-corrected chi connectivity index (χ2v) is 7.18. The van der Waals surface area contributed by atoms with Gasteiger partial charge in [-0.1, -0.05) is 6.92 Å². The van der Waals surface area contributed by atoms with Gasteiger partial charge in [-0.15, -0.1) is 11.3 Å². The van der Waals surface area contributed by atoms with E-state index in [1.807, 2.05) is 24.3 Å². The van der Waals surface area contributed by atoms with Gasteiger partial charge in [0.1, 0.15) is 11.6 Å². The molecular formula is C20H22N2O3S. The van der Waals surface area contributed by atoms with Gasteiger partial charge in [0.15, 0.2) is 0 Å². The summed E-state index contributed by atoms with van der Waals surface area (Å²) in [5.41, 5.74) is 2.70. The molecule has 0 radical (unpaired) electrons. The van der Waals surface area contributed by atoms with E-state index in [0.29, 0.717) is 5.82 Å². The first-order valence-electron chi connectivity index (χ1n) is 8.52. The molecule has 3 rings (SSSR count). The van der Waals surface area contributed by atoms with Crippen molar-refractivity contribution in [2.24, 2.45) is 0 Å². The number of pyridine rings is 1. The molecule has 0 aliphatic heterocycles. The number of nitrogens with one attached hydrogen (secondary N) is 1. The summed E-state index contributed by atoms with van der Waals surface area (Å²) in [7, 11) is 0. The van der Waals surface area contributed by atoms with Crippen molar-refractivity contribution in [1.29, 1.82) is 0 Å². The summed E-state index contributed by atoms with van der Waals surface area (Å²) in [5, 5.41) is 31.2. The van der Waals surface area contributed by atoms with E-state index < -0.39 is 6.10 Å². The first-order valence-corrected chi connectivity index (χ1v) is 9.34. The molecule has 1 atom stereocenters. The number of rotatable bonds is 7. The van der Waals surface area contributed by atoms with Gasteiger partial charge in [-0.3, -0.25) is 0 Å². The molecule has 2 heterocycles. The summed E-state index contributed by atoms with van der Waals surface area (Å²) < 4.78 is 0. The number of anilines is 1. The fourth-order valence-electron chi connectivity index (χ4n) is 2.55. The third-order valence-corrected chi connectivity index (χ3v) is 5.29. The molecular weight excluding hydrogens is 348 g/mol. The molecule has 0 amide bonds. The highest BCUT2D eigenvalue weighted by molar-refractivity contribution is 7.15. The maximum atomic E-state index is 9.59. The second-order valence-electron chi connectivity index (χ2n) is 6.01. The number of aryl methyl sites for hydroxylation is 1. The highest BCUT2D eigenvalue weighted by Gasteiger charge is 2.10. The zero-order valence-corrected chi connectivity index (χ0v) is 15.3. The van der Waals surface area contributed by atoms with E-state index in [0.717, 1.165) is 28.1 Å². The number of thiophene rings is 1. The average Bonchev–Trinajstić information content (AvgIpc) is 3.15. The van der Waals surface area contributed by atoms with Crippen LogP contribution in [0, 0.1) is 0 Å². The summed E-state index contributed by atoms with van der Waals surface area (Å²) in [6.45, 7) is 2.04. The van der Waals surface area contributed by atoms with Crippen LogP contribution in [0.25, 0.3) is 21.7 Å². The van der Waals surface area contributed by atoms with E-state index >= 15 is 0 Å². The van der Waals surface area contributed by atoms with Crippen molar-refractivity contribution in [2.45, 2.75) is 19.4 Å². The topological polar surface area (TPSA) is 85.6 Å². The van der Waals surface area contributed by atoms with Gasteiger partial charge in [0, 0.05) is 21.9 Å². The van der Waals surface area contributed by atoms with Crippen LogP contribution in [0.15, 0.2) is 48.5 Å². The number of aromatic hydroxyl groups is 1. The van der Waals surface area contributed by atoms with E-state index in [2.05, 4.69) is 29.4 Å². The van der Waals surface area contributed by atoms with Gasteiger partial charge in [0.2, 0.25) is 0 Å². The fraction of sp³-hybridized carbons (Fsp3) is 0.250. The summed E-state index contributed by atoms with van der Waals surface area (Å²) in [4.78, 5) is 7.07. The molecule has 0 aliphatic carbocycles. The Hall–Kier alpha value is -2.41. The molecule has 2 aromatic heterocycles. The van der Waals surface area contributed by atoms with Crippen LogP contribution in [0.4, 0.5) is 5.82 Å². The van der Waals surface area contributed by atoms with Crippen LogP contribution in [0.3, 0.4) is 0 Å². The smallest absolute Gasteiger partial charge is 0.127 e. The summed E-state index contributed by atoms with van der Waals surface area (Å²) in [6.07, 6.45) is 0.153. The molecule has 0 bridgehead atoms. The number of hydrogen-bond donors (Lipinski definition) is 4. The summed E-state index contributed by atoms with van der Waals surface area (Å²) in [5.74, 6) is 0.838. The maximum Gasteiger partial charge on any atom is 0.127 e. The lowest BCUT2D eigenvalue weighted by molar-refractivity contribution is 0.105. The molecule has 136 valence electrons. The molecule has 0 spiro atoms. The summed E-state index contributed by atoms with van der Waals surface area (Å²) >= 11 is 1.74. The number of aromatic nitrogens is 1. The van der Waals surface area contributed by atoms with E-state index in [9.17, 15) is 10.2 Å². The normalized spacial score (nSPS) is 12.1. The van der Waals surface area contributed by atoms with Gasteiger partial charge in [-0.2, -0.15) is 0 Å². The highest BCUT2D eigenvalue weighted by atomic mass is 32.1. The second kappa shape index (κ2) is 8.31. The minimum atomic E-state index is -0.842. The highest BCUT2D eigenvalue weighted by Crippen LogP contribution is 2.33. The van der Waals surface area contributed by atoms with Gasteiger partial charge in [-0.25, -0.2) is 4.98 Å². The van der Waals surface area contributed by atoms with E-state index in [1.54, 1.807) is 23.5 Å². The van der Waals surface area contributed by atoms with E-state index in [4.69, 9.17) is 5.11 Å². The molecule has 3 aromatic rings. The standard InChI is InChI=1S/C20H22N2O3S/c1-2-17-7-8-19(26-17)14-9-18(13-3-5-15(24)6-4-13)22-20(10-14)21-11-16(25)12-23/h3-10,16,23-25H,2,11-12H2,1H3,(H,21,22). The maximum absolute atomic E-state index is 9.59. The van der Waals surface area contributed by atoms with Gasteiger partial charge in [0.25, 0.3) is 0 Å². The minimum absolute atomic E-state index is 0.208. The average molecular weight is 370 g/mol. The van der Waals surface area contributed by atoms with Gasteiger partial charge < -0.3 is 20.6 Å². The largest absolute Gasteiger partial charge is 0.508 e. The molecule has 0 fully saturated rings. The number of phenolic OH excluding ortho intramolecular Hbond substituents is 1. The molecule has 1 aromatic carbocycles. The Morgan fingerprint density at radius 1 is 1.08 bits per heavy atom. The Labute approximate surface area is 156 Å². The van der Waals surface area contributed by atoms with Crippen molar-refractivity contribution in [3.05, 3.63) is 53.4 Å². The fourth-order valence-corrected chi connectivity index (χ4v) is 3.49. The SMILES string of the molecule is CCc1ccc(-c2cc(NCC(O)CO)nc(-c3ccc(O)cc3)c2)s1. The van der Waals surface area contributed by atoms with Crippen LogP contribution >= 0.6 is 11.3 Å². The number of nitrogens with zero attached hydrogens (tertiary/aromatic N) is 1. The van der Waals surface area contributed by atoms with Crippen molar-refractivity contribution >= 4 is 17.2 Å². The van der Waals surface area contributed by atoms with Crippen molar-refractivity contribution < 1.29 is 15.3 Å². The lowest BCUT2D eigenvalue weighted by atomic mass is 10.1. The zero-order chi connectivity index (χ0) is 18.5. The Morgan fingerprint density at radius 3 is 2.50 bits per heavy atom. The number of benzene rings is 1. The molecule has 4 N–H and O–H groups in total. The zero-order valence-electron chi connectivity index (χ0n) is 14.5. The van der Waals surface area contributed by atoms with Crippen LogP contribution in [-0.2, 0) is 6.42 Å². The Bertz CT molecular complexity index is 862. The third kappa shape index (κ3) is 4.40. The number of aliphatic hydroxyl groups is 2. The molecule has 1 unspecified atom stereocenters. The molecule has 5 nitrogen and oxygen atoms in total. The summed E-state index contributed by atoms with van der Waals surface area (Å²) in [6, 6.07) is 15.1. The van der Waals surface area contributed by atoms with Crippen molar-refractivity contribution in [1.82, 2.24) is 4.98 Å². The lowest BCUT2D eigenvalue weighted by Gasteiger charge is -2.12. The molecule has 26 heavy (non-hydrogen) atoms. The number of aliphatic hydroxyl groups excluding tert-OH is 2. The van der Waals surface area contributed by atoms with Gasteiger partial charge >= 0.3 is 0 Å². The van der Waals surface area contributed by atoms with Crippen LogP contribution in [0.5, 0.6) is 5.75 Å². The van der Waals surface area contributed by atoms with Crippen molar-refractivity contribution in [2.75, 3.05) is 18.5 Å². The Morgan fingerprint density at radius 2 is 1.85 bits per heavy atom. The van der Waals surface area contributed by atoms with E-state index in [1.165, 1.54) is 4.88 Å². The van der Waals surface area contributed by atoms with Crippen LogP contribution in [-0.4, -0.2) is 39.6 Å². The first kappa shape index (κ1) is 18.4. The monoisotopic (exact) mass is 370 g/mol. The predicted molar refractivity (Wildman–Crippen MR) is 106 cm³/mol. The van der Waals surface area contributed by atoms with Crippen molar-refractivity contribution in [3.63, 3.8) is 0 Å². The molecule has 0 saturated heterocycles. The van der Waals surface area contributed by atoms with Crippen LogP contribution in [0.2, 0.25) is 0 Å². The van der Waals surface area contributed by atoms with E-state index in [-0.39, 0.29) is 18.9 Å². The lowest BCUT2D eigenvalue weighted by Crippen LogP contribution is -2.23. The van der Waals surface area contributed by atoms with Gasteiger partial charge in [0.05, 0.1) is 18.4 Å². The third-order valence-electron chi connectivity index (χ3n) is 4.01.